The van der Waals surface area contributed by atoms with Gasteiger partial charge in [0.2, 0.25) is 0 Å². The molecule has 25 heavy (non-hydrogen) atoms. The topological polar surface area (TPSA) is 67.2 Å². The van der Waals surface area contributed by atoms with Gasteiger partial charge in [0, 0.05) is 10.6 Å². The number of thiocarbonyl (C=S) groups is 1. The average molecular weight is 371 g/mol. The maximum absolute atomic E-state index is 13.0. The maximum atomic E-state index is 13.0. The zero-order valence-corrected chi connectivity index (χ0v) is 14.6. The number of carbonyl (C=O) groups is 1. The molecule has 1 amide bonds. The maximum Gasteiger partial charge on any atom is 0.251 e. The van der Waals surface area contributed by atoms with Crippen molar-refractivity contribution in [3.05, 3.63) is 72.0 Å². The first-order valence-electron chi connectivity index (χ1n) is 7.35. The number of benzene rings is 2. The number of primary amides is 1. The molecule has 4 nitrogen and oxygen atoms in total. The van der Waals surface area contributed by atoms with E-state index in [1.165, 1.54) is 23.5 Å². The second kappa shape index (κ2) is 7.42. The summed E-state index contributed by atoms with van der Waals surface area (Å²) in [6, 6.07) is 17.2. The van der Waals surface area contributed by atoms with Crippen LogP contribution in [-0.2, 0) is 0 Å². The molecule has 0 aliphatic rings. The van der Waals surface area contributed by atoms with Crippen LogP contribution in [0.3, 0.4) is 0 Å². The molecule has 0 saturated heterocycles. The summed E-state index contributed by atoms with van der Waals surface area (Å²) in [5, 5.41) is 6.78. The Morgan fingerprint density at radius 2 is 1.72 bits per heavy atom. The molecule has 0 unspecified atom stereocenters. The molecule has 126 valence electrons. The molecule has 1 aromatic heterocycles. The van der Waals surface area contributed by atoms with Gasteiger partial charge in [0.25, 0.3) is 5.91 Å². The van der Waals surface area contributed by atoms with Crippen LogP contribution in [0, 0.1) is 5.82 Å². The third-order valence-electron chi connectivity index (χ3n) is 3.38. The Labute approximate surface area is 153 Å². The highest BCUT2D eigenvalue weighted by Crippen LogP contribution is 2.35. The molecule has 2 aromatic carbocycles. The number of carbonyl (C=O) groups excluding carboxylic acids is 1. The summed E-state index contributed by atoms with van der Waals surface area (Å²) in [4.78, 5) is 12.6. The minimum absolute atomic E-state index is 0.288. The lowest BCUT2D eigenvalue weighted by atomic mass is 10.1. The van der Waals surface area contributed by atoms with E-state index in [2.05, 4.69) is 10.6 Å². The van der Waals surface area contributed by atoms with Gasteiger partial charge in [-0.05, 0) is 48.1 Å². The van der Waals surface area contributed by atoms with Gasteiger partial charge in [-0.25, -0.2) is 4.39 Å². The Morgan fingerprint density at radius 1 is 1.04 bits per heavy atom. The van der Waals surface area contributed by atoms with E-state index in [-0.39, 0.29) is 10.9 Å². The van der Waals surface area contributed by atoms with E-state index in [0.29, 0.717) is 16.3 Å². The summed E-state index contributed by atoms with van der Waals surface area (Å²) >= 11 is 6.64. The summed E-state index contributed by atoms with van der Waals surface area (Å²) in [5.41, 5.74) is 7.47. The molecule has 0 saturated carbocycles. The lowest BCUT2D eigenvalue weighted by Crippen LogP contribution is -2.21. The number of thiophene rings is 1. The summed E-state index contributed by atoms with van der Waals surface area (Å²) < 4.78 is 13.0. The zero-order valence-electron chi connectivity index (χ0n) is 13.0. The lowest BCUT2D eigenvalue weighted by molar-refractivity contribution is 0.100. The van der Waals surface area contributed by atoms with Crippen molar-refractivity contribution in [2.24, 2.45) is 5.73 Å². The molecule has 0 fully saturated rings. The smallest absolute Gasteiger partial charge is 0.251 e. The van der Waals surface area contributed by atoms with Gasteiger partial charge in [-0.15, -0.1) is 11.3 Å². The largest absolute Gasteiger partial charge is 0.366 e. The standard InChI is InChI=1S/C18H14FN3OS2/c19-12-6-8-13(9-7-12)21-18(24)22-17-14(16(20)23)10-15(25-17)11-4-2-1-3-5-11/h1-10H,(H2,20,23)(H2,21,22,24). The van der Waals surface area contributed by atoms with Gasteiger partial charge in [-0.3, -0.25) is 4.79 Å². The van der Waals surface area contributed by atoms with Gasteiger partial charge in [-0.2, -0.15) is 0 Å². The van der Waals surface area contributed by atoms with Crippen molar-refractivity contribution in [2.75, 3.05) is 10.6 Å². The summed E-state index contributed by atoms with van der Waals surface area (Å²) in [7, 11) is 0. The van der Waals surface area contributed by atoms with Crippen molar-refractivity contribution in [1.82, 2.24) is 0 Å². The number of hydrogen-bond donors (Lipinski definition) is 3. The minimum atomic E-state index is -0.537. The number of rotatable bonds is 4. The van der Waals surface area contributed by atoms with E-state index in [4.69, 9.17) is 18.0 Å². The fourth-order valence-corrected chi connectivity index (χ4v) is 3.57. The molecule has 3 rings (SSSR count). The van der Waals surface area contributed by atoms with Crippen molar-refractivity contribution in [3.63, 3.8) is 0 Å². The molecular formula is C18H14FN3OS2. The van der Waals surface area contributed by atoms with Gasteiger partial charge < -0.3 is 16.4 Å². The van der Waals surface area contributed by atoms with Gasteiger partial charge >= 0.3 is 0 Å². The zero-order chi connectivity index (χ0) is 17.8. The molecule has 4 N–H and O–H groups in total. The first kappa shape index (κ1) is 17.1. The normalized spacial score (nSPS) is 10.3. The molecular weight excluding hydrogens is 357 g/mol. The van der Waals surface area contributed by atoms with Crippen molar-refractivity contribution in [3.8, 4) is 10.4 Å². The Bertz CT molecular complexity index is 908. The van der Waals surface area contributed by atoms with Gasteiger partial charge in [0.15, 0.2) is 5.11 Å². The highest BCUT2D eigenvalue weighted by molar-refractivity contribution is 7.80. The Hall–Kier alpha value is -2.77. The third-order valence-corrected chi connectivity index (χ3v) is 4.69. The van der Waals surface area contributed by atoms with Crippen LogP contribution in [-0.4, -0.2) is 11.0 Å². The van der Waals surface area contributed by atoms with Crippen LogP contribution in [0.5, 0.6) is 0 Å². The second-order valence-corrected chi connectivity index (χ2v) is 6.63. The number of halogens is 1. The summed E-state index contributed by atoms with van der Waals surface area (Å²) in [5.74, 6) is -0.864. The minimum Gasteiger partial charge on any atom is -0.366 e. The number of anilines is 2. The fraction of sp³-hybridized carbons (Fsp3) is 0. The quantitative estimate of drug-likeness (QED) is 0.592. The predicted molar refractivity (Wildman–Crippen MR) is 105 cm³/mol. The van der Waals surface area contributed by atoms with E-state index >= 15 is 0 Å². The van der Waals surface area contributed by atoms with Crippen LogP contribution < -0.4 is 16.4 Å². The van der Waals surface area contributed by atoms with E-state index in [9.17, 15) is 9.18 Å². The Morgan fingerprint density at radius 3 is 2.36 bits per heavy atom. The van der Waals surface area contributed by atoms with E-state index in [1.54, 1.807) is 18.2 Å². The van der Waals surface area contributed by atoms with Crippen molar-refractivity contribution in [1.29, 1.82) is 0 Å². The molecule has 7 heteroatoms. The first-order chi connectivity index (χ1) is 12.0. The molecule has 3 aromatic rings. The van der Waals surface area contributed by atoms with Gasteiger partial charge in [0.05, 0.1) is 5.56 Å². The fourth-order valence-electron chi connectivity index (χ4n) is 2.21. The highest BCUT2D eigenvalue weighted by Gasteiger charge is 2.15. The summed E-state index contributed by atoms with van der Waals surface area (Å²) in [6.45, 7) is 0. The second-order valence-electron chi connectivity index (χ2n) is 5.17. The molecule has 0 aliphatic carbocycles. The monoisotopic (exact) mass is 371 g/mol. The van der Waals surface area contributed by atoms with E-state index in [0.717, 1.165) is 10.4 Å². The molecule has 0 bridgehead atoms. The average Bonchev–Trinajstić information content (AvgIpc) is 3.02. The van der Waals surface area contributed by atoms with E-state index < -0.39 is 5.91 Å². The lowest BCUT2D eigenvalue weighted by Gasteiger charge is -2.10. The third kappa shape index (κ3) is 4.20. The van der Waals surface area contributed by atoms with Crippen molar-refractivity contribution < 1.29 is 9.18 Å². The van der Waals surface area contributed by atoms with Crippen LogP contribution in [0.4, 0.5) is 15.1 Å². The number of amides is 1. The number of nitrogens with two attached hydrogens (primary N) is 1. The highest BCUT2D eigenvalue weighted by atomic mass is 32.1. The van der Waals surface area contributed by atoms with Gasteiger partial charge in [0.1, 0.15) is 10.8 Å². The number of nitrogens with one attached hydrogen (secondary N) is 2. The Balaban J connectivity index is 1.81. The van der Waals surface area contributed by atoms with Crippen LogP contribution >= 0.6 is 23.6 Å². The molecule has 0 spiro atoms. The summed E-state index contributed by atoms with van der Waals surface area (Å²) in [6.07, 6.45) is 0. The Kier molecular flexibility index (Phi) is 5.06. The van der Waals surface area contributed by atoms with E-state index in [1.807, 2.05) is 30.3 Å². The number of hydrogen-bond acceptors (Lipinski definition) is 3. The van der Waals surface area contributed by atoms with Crippen LogP contribution in [0.1, 0.15) is 10.4 Å². The van der Waals surface area contributed by atoms with Crippen molar-refractivity contribution >= 4 is 45.3 Å². The van der Waals surface area contributed by atoms with Crippen LogP contribution in [0.15, 0.2) is 60.7 Å². The van der Waals surface area contributed by atoms with Crippen LogP contribution in [0.2, 0.25) is 0 Å². The first-order valence-corrected chi connectivity index (χ1v) is 8.58. The SMILES string of the molecule is NC(=O)c1cc(-c2ccccc2)sc1NC(=S)Nc1ccc(F)cc1. The molecule has 0 atom stereocenters. The predicted octanol–water partition coefficient (Wildman–Crippen LogP) is 4.46. The van der Waals surface area contributed by atoms with Crippen molar-refractivity contribution in [2.45, 2.75) is 0 Å². The van der Waals surface area contributed by atoms with Crippen LogP contribution in [0.25, 0.3) is 10.4 Å². The molecule has 0 radical (unpaired) electrons. The molecule has 0 aliphatic heterocycles. The van der Waals surface area contributed by atoms with Gasteiger partial charge in [-0.1, -0.05) is 30.3 Å². The molecule has 1 heterocycles.